The van der Waals surface area contributed by atoms with Crippen molar-refractivity contribution in [3.8, 4) is 11.1 Å². The average Bonchev–Trinajstić information content (AvgIpc) is 2.64. The predicted octanol–water partition coefficient (Wildman–Crippen LogP) is 6.42. The molecule has 1 unspecified atom stereocenters. The summed E-state index contributed by atoms with van der Waals surface area (Å²) in [5.41, 5.74) is 4.43. The Morgan fingerprint density at radius 2 is 1.83 bits per heavy atom. The van der Waals surface area contributed by atoms with Crippen molar-refractivity contribution in [1.82, 2.24) is 0 Å². The standard InChI is InChI=1S/C23H26O/c1-4-6-7-8-15-23(24)18(3)20-12-10-14-22(17-20)21-13-9-11-19(5-2)16-21/h5,8-18H,2,4,6-7H2,1,3H3/b15-8+. The van der Waals surface area contributed by atoms with Gasteiger partial charge in [0, 0.05) is 5.92 Å². The monoisotopic (exact) mass is 318 g/mol. The molecule has 1 nitrogen and oxygen atoms in total. The highest BCUT2D eigenvalue weighted by Crippen LogP contribution is 2.26. The van der Waals surface area contributed by atoms with Crippen molar-refractivity contribution >= 4 is 11.9 Å². The normalized spacial score (nSPS) is 12.2. The van der Waals surface area contributed by atoms with Gasteiger partial charge in [0.15, 0.2) is 5.78 Å². The van der Waals surface area contributed by atoms with Crippen LogP contribution in [0.5, 0.6) is 0 Å². The Labute approximate surface area is 145 Å². The molecule has 0 N–H and O–H groups in total. The van der Waals surface area contributed by atoms with Crippen LogP contribution in [-0.2, 0) is 4.79 Å². The molecule has 2 aromatic carbocycles. The summed E-state index contributed by atoms with van der Waals surface area (Å²) in [7, 11) is 0. The molecular weight excluding hydrogens is 292 g/mol. The van der Waals surface area contributed by atoms with Crippen molar-refractivity contribution in [2.75, 3.05) is 0 Å². The fraction of sp³-hybridized carbons (Fsp3) is 0.261. The first kappa shape index (κ1) is 17.9. The zero-order valence-corrected chi connectivity index (χ0v) is 14.7. The number of ketones is 1. The van der Waals surface area contributed by atoms with E-state index in [0.717, 1.165) is 41.5 Å². The summed E-state index contributed by atoms with van der Waals surface area (Å²) in [6.45, 7) is 7.96. The van der Waals surface area contributed by atoms with Gasteiger partial charge in [0.2, 0.25) is 0 Å². The number of hydrogen-bond acceptors (Lipinski definition) is 1. The van der Waals surface area contributed by atoms with Crippen LogP contribution < -0.4 is 0 Å². The Morgan fingerprint density at radius 1 is 1.12 bits per heavy atom. The van der Waals surface area contributed by atoms with E-state index in [-0.39, 0.29) is 11.7 Å². The van der Waals surface area contributed by atoms with Gasteiger partial charge in [-0.3, -0.25) is 4.79 Å². The third-order valence-corrected chi connectivity index (χ3v) is 4.28. The van der Waals surface area contributed by atoms with Crippen LogP contribution in [0.4, 0.5) is 0 Å². The molecule has 0 saturated carbocycles. The molecule has 2 aromatic rings. The van der Waals surface area contributed by atoms with Gasteiger partial charge in [0.05, 0.1) is 0 Å². The van der Waals surface area contributed by atoms with Gasteiger partial charge in [0.1, 0.15) is 0 Å². The number of unbranched alkanes of at least 4 members (excludes halogenated alkanes) is 2. The van der Waals surface area contributed by atoms with Crippen molar-refractivity contribution in [3.63, 3.8) is 0 Å². The number of benzene rings is 2. The lowest BCUT2D eigenvalue weighted by molar-refractivity contribution is -0.115. The lowest BCUT2D eigenvalue weighted by Gasteiger charge is -2.11. The predicted molar refractivity (Wildman–Crippen MR) is 104 cm³/mol. The quantitative estimate of drug-likeness (QED) is 0.405. The van der Waals surface area contributed by atoms with Crippen molar-refractivity contribution in [3.05, 3.63) is 78.4 Å². The summed E-state index contributed by atoms with van der Waals surface area (Å²) in [6, 6.07) is 16.5. The summed E-state index contributed by atoms with van der Waals surface area (Å²) in [4.78, 5) is 12.4. The molecule has 0 aliphatic heterocycles. The Bertz CT molecular complexity index is 724. The minimum Gasteiger partial charge on any atom is -0.294 e. The van der Waals surface area contributed by atoms with Crippen LogP contribution in [-0.4, -0.2) is 5.78 Å². The molecule has 0 aliphatic rings. The van der Waals surface area contributed by atoms with Crippen LogP contribution in [0.15, 0.2) is 67.3 Å². The number of carbonyl (C=O) groups is 1. The number of rotatable bonds is 8. The van der Waals surface area contributed by atoms with E-state index in [1.54, 1.807) is 6.08 Å². The fourth-order valence-corrected chi connectivity index (χ4v) is 2.66. The van der Waals surface area contributed by atoms with Gasteiger partial charge in [0.25, 0.3) is 0 Å². The number of hydrogen-bond donors (Lipinski definition) is 0. The van der Waals surface area contributed by atoms with Gasteiger partial charge in [-0.2, -0.15) is 0 Å². The molecule has 0 saturated heterocycles. The number of allylic oxidation sites excluding steroid dienone is 2. The van der Waals surface area contributed by atoms with E-state index in [2.05, 4.69) is 37.8 Å². The summed E-state index contributed by atoms with van der Waals surface area (Å²) < 4.78 is 0. The molecule has 0 fully saturated rings. The SMILES string of the molecule is C=Cc1cccc(-c2cccc(C(C)C(=O)/C=C/CCCC)c2)c1. The molecule has 1 atom stereocenters. The van der Waals surface area contributed by atoms with Gasteiger partial charge in [-0.05, 0) is 40.8 Å². The van der Waals surface area contributed by atoms with Gasteiger partial charge in [-0.15, -0.1) is 0 Å². The maximum Gasteiger partial charge on any atom is 0.162 e. The molecule has 0 aromatic heterocycles. The minimum atomic E-state index is -0.120. The smallest absolute Gasteiger partial charge is 0.162 e. The van der Waals surface area contributed by atoms with Gasteiger partial charge >= 0.3 is 0 Å². The van der Waals surface area contributed by atoms with Crippen molar-refractivity contribution < 1.29 is 4.79 Å². The summed E-state index contributed by atoms with van der Waals surface area (Å²) >= 11 is 0. The van der Waals surface area contributed by atoms with Crippen LogP contribution >= 0.6 is 0 Å². The highest BCUT2D eigenvalue weighted by Gasteiger charge is 2.13. The largest absolute Gasteiger partial charge is 0.294 e. The van der Waals surface area contributed by atoms with E-state index in [9.17, 15) is 4.79 Å². The maximum absolute atomic E-state index is 12.4. The first-order valence-corrected chi connectivity index (χ1v) is 8.69. The van der Waals surface area contributed by atoms with Gasteiger partial charge in [-0.25, -0.2) is 0 Å². The van der Waals surface area contributed by atoms with E-state index in [4.69, 9.17) is 0 Å². The molecule has 0 heterocycles. The van der Waals surface area contributed by atoms with Crippen LogP contribution in [0.3, 0.4) is 0 Å². The summed E-state index contributed by atoms with van der Waals surface area (Å²) in [5.74, 6) is 0.0495. The van der Waals surface area contributed by atoms with Crippen LogP contribution in [0.25, 0.3) is 17.2 Å². The second-order valence-electron chi connectivity index (χ2n) is 6.12. The molecule has 24 heavy (non-hydrogen) atoms. The van der Waals surface area contributed by atoms with Crippen LogP contribution in [0.2, 0.25) is 0 Å². The molecule has 124 valence electrons. The van der Waals surface area contributed by atoms with Crippen molar-refractivity contribution in [1.29, 1.82) is 0 Å². The van der Waals surface area contributed by atoms with E-state index in [0.29, 0.717) is 0 Å². The molecule has 0 amide bonds. The molecule has 2 rings (SSSR count). The Hall–Kier alpha value is -2.41. The fourth-order valence-electron chi connectivity index (χ4n) is 2.66. The minimum absolute atomic E-state index is 0.120. The molecule has 0 bridgehead atoms. The second kappa shape index (κ2) is 9.02. The van der Waals surface area contributed by atoms with Crippen molar-refractivity contribution in [2.45, 2.75) is 39.0 Å². The van der Waals surface area contributed by atoms with Crippen LogP contribution in [0.1, 0.15) is 50.2 Å². The zero-order chi connectivity index (χ0) is 17.4. The highest BCUT2D eigenvalue weighted by atomic mass is 16.1. The first-order valence-electron chi connectivity index (χ1n) is 8.69. The van der Waals surface area contributed by atoms with E-state index < -0.39 is 0 Å². The van der Waals surface area contributed by atoms with Crippen molar-refractivity contribution in [2.24, 2.45) is 0 Å². The Morgan fingerprint density at radius 3 is 2.54 bits per heavy atom. The molecule has 0 spiro atoms. The zero-order valence-electron chi connectivity index (χ0n) is 14.7. The molecular formula is C23H26O. The van der Waals surface area contributed by atoms with E-state index in [1.807, 2.05) is 43.3 Å². The molecule has 1 heteroatoms. The third kappa shape index (κ3) is 4.79. The second-order valence-corrected chi connectivity index (χ2v) is 6.12. The maximum atomic E-state index is 12.4. The molecule has 0 radical (unpaired) electrons. The van der Waals surface area contributed by atoms with Gasteiger partial charge in [-0.1, -0.05) is 87.9 Å². The highest BCUT2D eigenvalue weighted by molar-refractivity contribution is 5.95. The van der Waals surface area contributed by atoms with E-state index >= 15 is 0 Å². The summed E-state index contributed by atoms with van der Waals surface area (Å²) in [5, 5.41) is 0. The number of carbonyl (C=O) groups excluding carboxylic acids is 1. The first-order chi connectivity index (χ1) is 11.7. The van der Waals surface area contributed by atoms with Crippen LogP contribution in [0, 0.1) is 0 Å². The Kier molecular flexibility index (Phi) is 6.74. The topological polar surface area (TPSA) is 17.1 Å². The lowest BCUT2D eigenvalue weighted by atomic mass is 9.92. The average molecular weight is 318 g/mol. The summed E-state index contributed by atoms with van der Waals surface area (Å²) in [6.07, 6.45) is 8.85. The molecule has 0 aliphatic carbocycles. The van der Waals surface area contributed by atoms with Gasteiger partial charge < -0.3 is 0 Å². The third-order valence-electron chi connectivity index (χ3n) is 4.28. The lowest BCUT2D eigenvalue weighted by Crippen LogP contribution is -2.06. The van der Waals surface area contributed by atoms with E-state index in [1.165, 1.54) is 0 Å². The Balaban J connectivity index is 2.18.